The predicted molar refractivity (Wildman–Crippen MR) is 160 cm³/mol. The van der Waals surface area contributed by atoms with Gasteiger partial charge in [-0.2, -0.15) is 0 Å². The normalized spacial score (nSPS) is 38.1. The van der Waals surface area contributed by atoms with E-state index in [0.717, 1.165) is 17.8 Å². The van der Waals surface area contributed by atoms with Crippen LogP contribution in [0.15, 0.2) is 46.6 Å². The van der Waals surface area contributed by atoms with Crippen LogP contribution >= 0.6 is 11.8 Å². The number of aliphatic hydroxyl groups excluding tert-OH is 1. The van der Waals surface area contributed by atoms with Crippen LogP contribution < -0.4 is 0 Å². The number of thioether (sulfide) groups is 1. The van der Waals surface area contributed by atoms with Crippen LogP contribution in [0.4, 0.5) is 13.6 Å². The van der Waals surface area contributed by atoms with Crippen molar-refractivity contribution in [3.8, 4) is 11.8 Å². The number of ether oxygens (including phenoxy) is 2. The van der Waals surface area contributed by atoms with Gasteiger partial charge >= 0.3 is 12.1 Å². The Morgan fingerprint density at radius 1 is 1.20 bits per heavy atom. The van der Waals surface area contributed by atoms with Crippen LogP contribution in [0.1, 0.15) is 50.6 Å². The van der Waals surface area contributed by atoms with Crippen molar-refractivity contribution in [2.75, 3.05) is 26.5 Å². The first-order valence-electron chi connectivity index (χ1n) is 14.8. The molecule has 3 fully saturated rings. The lowest BCUT2D eigenvalue weighted by Crippen LogP contribution is -2.70. The number of halogens is 2. The number of ketones is 1. The Morgan fingerprint density at radius 2 is 1.93 bits per heavy atom. The van der Waals surface area contributed by atoms with Crippen LogP contribution in [0.25, 0.3) is 0 Å². The number of furan rings is 1. The number of esters is 1. The molecule has 0 aromatic carbocycles. The lowest BCUT2D eigenvalue weighted by atomic mass is 9.44. The third-order valence-electron chi connectivity index (χ3n) is 10.5. The summed E-state index contributed by atoms with van der Waals surface area (Å²) < 4.78 is 49.9. The topological polar surface area (TPSA) is 123 Å². The fourth-order valence-electron chi connectivity index (χ4n) is 8.35. The lowest BCUT2D eigenvalue weighted by Gasteiger charge is -2.63. The molecule has 4 aliphatic rings. The molecule has 2 unspecified atom stereocenters. The van der Waals surface area contributed by atoms with Gasteiger partial charge in [-0.3, -0.25) is 9.59 Å². The minimum Gasteiger partial charge on any atom is -0.457 e. The van der Waals surface area contributed by atoms with Crippen LogP contribution in [0, 0.1) is 40.4 Å². The van der Waals surface area contributed by atoms with E-state index in [2.05, 4.69) is 11.8 Å². The maximum absolute atomic E-state index is 17.6. The summed E-state index contributed by atoms with van der Waals surface area (Å²) in [6, 6.07) is 2.90. The highest BCUT2D eigenvalue weighted by atomic mass is 32.2. The molecule has 0 aliphatic heterocycles. The van der Waals surface area contributed by atoms with Gasteiger partial charge in [0.05, 0.1) is 18.1 Å². The number of hydrogen-bond donors (Lipinski definition) is 1. The van der Waals surface area contributed by atoms with Crippen molar-refractivity contribution < 1.29 is 47.0 Å². The number of alkyl halides is 2. The number of rotatable bonds is 5. The number of carbonyl (C=O) groups excluding carboxylic acids is 4. The molecule has 1 heterocycles. The quantitative estimate of drug-likeness (QED) is 0.359. The van der Waals surface area contributed by atoms with Gasteiger partial charge in [0.15, 0.2) is 23.7 Å². The molecule has 1 aromatic heterocycles. The minimum atomic E-state index is -2.35. The van der Waals surface area contributed by atoms with E-state index >= 15 is 8.78 Å². The zero-order chi connectivity index (χ0) is 32.9. The molecule has 45 heavy (non-hydrogen) atoms. The maximum Gasteiger partial charge on any atom is 0.410 e. The SMILES string of the molecule is C[C@@H]1CC2C3C[C@H](F)C4=CC(=O)C=C[C@]4(C)[C@@]3(F)[C@@H](O)C[C@]2(C)[C@@]1(OC(=O)c1ccco1)C(=O)SCC#CCOC(=O)N(C)C. The first kappa shape index (κ1) is 32.9. The molecule has 1 amide bonds. The van der Waals surface area contributed by atoms with Crippen molar-refractivity contribution in [2.24, 2.45) is 28.6 Å². The molecule has 4 aliphatic carbocycles. The first-order valence-corrected chi connectivity index (χ1v) is 15.8. The number of hydrogen-bond acceptors (Lipinski definition) is 9. The summed E-state index contributed by atoms with van der Waals surface area (Å²) in [5, 5.41) is 11.2. The van der Waals surface area contributed by atoms with Gasteiger partial charge < -0.3 is 23.9 Å². The van der Waals surface area contributed by atoms with E-state index in [1.807, 2.05) is 0 Å². The second-order valence-electron chi connectivity index (χ2n) is 13.0. The fourth-order valence-corrected chi connectivity index (χ4v) is 9.34. The number of amides is 1. The highest BCUT2D eigenvalue weighted by Crippen LogP contribution is 2.72. The van der Waals surface area contributed by atoms with E-state index in [0.29, 0.717) is 0 Å². The summed E-state index contributed by atoms with van der Waals surface area (Å²) in [7, 11) is 3.06. The largest absolute Gasteiger partial charge is 0.457 e. The molecule has 12 heteroatoms. The van der Waals surface area contributed by atoms with E-state index in [1.165, 1.54) is 56.5 Å². The average Bonchev–Trinajstić information content (AvgIpc) is 3.60. The molecule has 242 valence electrons. The number of allylic oxidation sites excluding steroid dienone is 4. The Hall–Kier alpha value is -3.43. The van der Waals surface area contributed by atoms with Gasteiger partial charge in [0, 0.05) is 36.8 Å². The summed E-state index contributed by atoms with van der Waals surface area (Å²) in [5.41, 5.74) is -7.10. The van der Waals surface area contributed by atoms with Crippen molar-refractivity contribution in [3.05, 3.63) is 48.0 Å². The third kappa shape index (κ3) is 4.94. The van der Waals surface area contributed by atoms with Gasteiger partial charge in [0.1, 0.15) is 6.17 Å². The van der Waals surface area contributed by atoms with Gasteiger partial charge in [-0.15, -0.1) is 0 Å². The standard InChI is InChI=1S/C33H37F2NO8S/c1-19-15-21-22-17-24(34)23-16-20(37)10-11-30(23,2)32(22,35)26(38)18-31(21,3)33(19,44-27(39)25-9-8-13-42-25)28(40)45-14-7-6-12-43-29(41)36(4)5/h8-11,13,16,19,21-22,24,26,38H,12,14-15,17-18H2,1-5H3/t19-,21?,22?,24+,26+,30+,31+,32+,33+/m1/s1. The van der Waals surface area contributed by atoms with Crippen molar-refractivity contribution in [2.45, 2.75) is 63.6 Å². The Kier molecular flexibility index (Phi) is 8.59. The number of nitrogens with zero attached hydrogens (tertiary/aromatic N) is 1. The second kappa shape index (κ2) is 11.7. The Morgan fingerprint density at radius 3 is 2.60 bits per heavy atom. The van der Waals surface area contributed by atoms with E-state index in [-0.39, 0.29) is 43.0 Å². The van der Waals surface area contributed by atoms with Gasteiger partial charge in [-0.05, 0) is 62.0 Å². The molecule has 3 saturated carbocycles. The van der Waals surface area contributed by atoms with Crippen molar-refractivity contribution in [1.29, 1.82) is 0 Å². The highest BCUT2D eigenvalue weighted by molar-refractivity contribution is 8.14. The molecule has 5 rings (SSSR count). The number of carbonyl (C=O) groups is 4. The molecule has 1 aromatic rings. The molecular formula is C33H37F2NO8S. The van der Waals surface area contributed by atoms with E-state index in [4.69, 9.17) is 13.9 Å². The van der Waals surface area contributed by atoms with Gasteiger partial charge in [-0.25, -0.2) is 18.4 Å². The molecule has 0 saturated heterocycles. The molecular weight excluding hydrogens is 608 g/mol. The Balaban J connectivity index is 1.51. The minimum absolute atomic E-state index is 0.000531. The van der Waals surface area contributed by atoms with Crippen LogP contribution in [0.5, 0.6) is 0 Å². The monoisotopic (exact) mass is 645 g/mol. The lowest BCUT2D eigenvalue weighted by molar-refractivity contribution is -0.221. The highest BCUT2D eigenvalue weighted by Gasteiger charge is 2.78. The van der Waals surface area contributed by atoms with E-state index < -0.39 is 75.1 Å². The molecule has 9 atom stereocenters. The van der Waals surface area contributed by atoms with Gasteiger partial charge in [0.25, 0.3) is 0 Å². The van der Waals surface area contributed by atoms with Crippen LogP contribution in [-0.2, 0) is 19.1 Å². The number of fused-ring (bicyclic) bond motifs is 5. The zero-order valence-electron chi connectivity index (χ0n) is 25.8. The zero-order valence-corrected chi connectivity index (χ0v) is 26.6. The Bertz CT molecular complexity index is 1510. The van der Waals surface area contributed by atoms with Crippen molar-refractivity contribution in [3.63, 3.8) is 0 Å². The van der Waals surface area contributed by atoms with Crippen molar-refractivity contribution in [1.82, 2.24) is 4.90 Å². The van der Waals surface area contributed by atoms with Crippen molar-refractivity contribution >= 4 is 34.7 Å². The van der Waals surface area contributed by atoms with Crippen LogP contribution in [-0.4, -0.2) is 83.0 Å². The molecule has 9 nitrogen and oxygen atoms in total. The summed E-state index contributed by atoms with van der Waals surface area (Å²) in [6.45, 7) is 4.75. The molecule has 0 bridgehead atoms. The third-order valence-corrected chi connectivity index (χ3v) is 11.3. The van der Waals surface area contributed by atoms with E-state index in [1.54, 1.807) is 13.8 Å². The number of aliphatic hydroxyl groups is 1. The summed E-state index contributed by atoms with van der Waals surface area (Å²) in [5.74, 6) is 1.57. The van der Waals surface area contributed by atoms with Crippen LogP contribution in [0.3, 0.4) is 0 Å². The predicted octanol–water partition coefficient (Wildman–Crippen LogP) is 4.70. The smallest absolute Gasteiger partial charge is 0.410 e. The second-order valence-corrected chi connectivity index (χ2v) is 13.9. The summed E-state index contributed by atoms with van der Waals surface area (Å²) in [4.78, 5) is 52.7. The average molecular weight is 646 g/mol. The Labute approximate surface area is 264 Å². The molecule has 0 radical (unpaired) electrons. The maximum atomic E-state index is 17.6. The molecule has 1 N–H and O–H groups in total. The van der Waals surface area contributed by atoms with Gasteiger partial charge in [0.2, 0.25) is 10.9 Å². The summed E-state index contributed by atoms with van der Waals surface area (Å²) >= 11 is 0.804. The van der Waals surface area contributed by atoms with Crippen LogP contribution in [0.2, 0.25) is 0 Å². The summed E-state index contributed by atoms with van der Waals surface area (Å²) in [6.07, 6.45) is 0.726. The van der Waals surface area contributed by atoms with Gasteiger partial charge in [-0.1, -0.05) is 43.5 Å². The molecule has 0 spiro atoms. The first-order chi connectivity index (χ1) is 21.1. The van der Waals surface area contributed by atoms with E-state index in [9.17, 15) is 24.3 Å². The fraction of sp³-hybridized carbons (Fsp3) is 0.576.